The lowest BCUT2D eigenvalue weighted by atomic mass is 10.1. The Kier molecular flexibility index (Phi) is 4.80. The van der Waals surface area contributed by atoms with Crippen LogP contribution in [0, 0.1) is 0 Å². The summed E-state index contributed by atoms with van der Waals surface area (Å²) in [7, 11) is -2.55. The zero-order chi connectivity index (χ0) is 16.5. The van der Waals surface area contributed by atoms with E-state index in [1.165, 1.54) is 19.2 Å². The Labute approximate surface area is 141 Å². The summed E-state index contributed by atoms with van der Waals surface area (Å²) in [5.41, 5.74) is 0.636. The lowest BCUT2D eigenvalue weighted by Crippen LogP contribution is -2.33. The van der Waals surface area contributed by atoms with Gasteiger partial charge < -0.3 is 9.84 Å². The van der Waals surface area contributed by atoms with Crippen molar-refractivity contribution in [2.75, 3.05) is 17.3 Å². The number of sulfonamides is 1. The molecular weight excluding hydrogens is 427 g/mol. The Morgan fingerprint density at radius 2 is 2.14 bits per heavy atom. The number of ether oxygens (including phenoxy) is 1. The van der Waals surface area contributed by atoms with Crippen LogP contribution in [0.4, 0.5) is 5.69 Å². The molecule has 0 radical (unpaired) electrons. The fourth-order valence-corrected chi connectivity index (χ4v) is 4.72. The van der Waals surface area contributed by atoms with Crippen molar-refractivity contribution in [2.24, 2.45) is 0 Å². The van der Waals surface area contributed by atoms with Gasteiger partial charge in [0.2, 0.25) is 0 Å². The van der Waals surface area contributed by atoms with Gasteiger partial charge in [0.25, 0.3) is 15.9 Å². The number of benzene rings is 1. The Bertz CT molecular complexity index is 720. The molecule has 1 fully saturated rings. The number of amides is 1. The number of carbonyl (C=O) groups is 2. The number of nitrogens with zero attached hydrogens (tertiary/aromatic N) is 2. The van der Waals surface area contributed by atoms with Crippen LogP contribution in [0.25, 0.3) is 0 Å². The van der Waals surface area contributed by atoms with Gasteiger partial charge in [0.15, 0.2) is 5.75 Å². The molecule has 1 saturated heterocycles. The van der Waals surface area contributed by atoms with Crippen molar-refractivity contribution in [1.29, 1.82) is 0 Å². The van der Waals surface area contributed by atoms with E-state index in [-0.39, 0.29) is 23.8 Å². The van der Waals surface area contributed by atoms with Gasteiger partial charge in [-0.3, -0.25) is 9.59 Å². The fourth-order valence-electron chi connectivity index (χ4n) is 1.96. The van der Waals surface area contributed by atoms with Crippen LogP contribution in [0.15, 0.2) is 18.2 Å². The molecule has 1 amide bonds. The molecule has 0 aliphatic carbocycles. The van der Waals surface area contributed by atoms with Gasteiger partial charge >= 0.3 is 5.97 Å². The number of phenolic OH excluding ortho intramolecular Hbond substituents is 1. The SMILES string of the molecule is COC(=O)CCc1ccc(N2N(I)C(=O)CS2(=O)=O)c(O)c1. The second kappa shape index (κ2) is 6.28. The van der Waals surface area contributed by atoms with Crippen molar-refractivity contribution in [1.82, 2.24) is 3.22 Å². The normalized spacial score (nSPS) is 16.9. The molecule has 0 atom stereocenters. The van der Waals surface area contributed by atoms with Crippen LogP contribution >= 0.6 is 22.9 Å². The Morgan fingerprint density at radius 1 is 1.45 bits per heavy atom. The van der Waals surface area contributed by atoms with Gasteiger partial charge in [-0.25, -0.2) is 8.42 Å². The molecule has 1 aromatic rings. The zero-order valence-electron chi connectivity index (χ0n) is 11.5. The Morgan fingerprint density at radius 3 is 2.64 bits per heavy atom. The molecule has 120 valence electrons. The first-order chi connectivity index (χ1) is 10.3. The van der Waals surface area contributed by atoms with E-state index < -0.39 is 21.7 Å². The topological polar surface area (TPSA) is 104 Å². The number of anilines is 1. The van der Waals surface area contributed by atoms with Gasteiger partial charge in [-0.2, -0.15) is 7.64 Å². The molecule has 8 nitrogen and oxygen atoms in total. The Balaban J connectivity index is 2.27. The fraction of sp³-hybridized carbons (Fsp3) is 0.333. The standard InChI is InChI=1S/C12H13IN2O6S/c1-21-12(18)5-3-8-2-4-9(10(16)6-8)15-14(13)11(17)7-22(15,19)20/h2,4,6,16H,3,5,7H2,1H3. The van der Waals surface area contributed by atoms with Crippen LogP contribution in [0.1, 0.15) is 12.0 Å². The monoisotopic (exact) mass is 440 g/mol. The highest BCUT2D eigenvalue weighted by molar-refractivity contribution is 14.1. The summed E-state index contributed by atoms with van der Waals surface area (Å²) in [6.07, 6.45) is 0.494. The molecule has 1 aromatic carbocycles. The van der Waals surface area contributed by atoms with E-state index in [2.05, 4.69) is 4.74 Å². The third kappa shape index (κ3) is 3.27. The predicted molar refractivity (Wildman–Crippen MR) is 85.6 cm³/mol. The number of halogens is 1. The number of methoxy groups -OCH3 is 1. The molecule has 1 aliphatic heterocycles. The largest absolute Gasteiger partial charge is 0.506 e. The predicted octanol–water partition coefficient (Wildman–Crippen LogP) is 0.741. The van der Waals surface area contributed by atoms with E-state index in [4.69, 9.17) is 0 Å². The number of carbonyl (C=O) groups excluding carboxylic acids is 2. The van der Waals surface area contributed by atoms with Crippen molar-refractivity contribution < 1.29 is 27.9 Å². The summed E-state index contributed by atoms with van der Waals surface area (Å²) in [5, 5.41) is 10.0. The van der Waals surface area contributed by atoms with E-state index in [0.717, 1.165) is 7.64 Å². The number of aromatic hydroxyl groups is 1. The second-order valence-corrected chi connectivity index (χ2v) is 7.26. The molecule has 22 heavy (non-hydrogen) atoms. The van der Waals surface area contributed by atoms with E-state index in [1.807, 2.05) is 0 Å². The van der Waals surface area contributed by atoms with Crippen molar-refractivity contribution in [3.05, 3.63) is 23.8 Å². The highest BCUT2D eigenvalue weighted by atomic mass is 127. The molecule has 0 aromatic heterocycles. The van der Waals surface area contributed by atoms with Crippen molar-refractivity contribution >= 4 is 50.5 Å². The molecule has 0 spiro atoms. The van der Waals surface area contributed by atoms with Crippen LogP contribution in [0.2, 0.25) is 0 Å². The summed E-state index contributed by atoms with van der Waals surface area (Å²) in [4.78, 5) is 22.6. The first kappa shape index (κ1) is 16.8. The quantitative estimate of drug-likeness (QED) is 0.421. The minimum absolute atomic E-state index is 0.0120. The number of aryl methyl sites for hydroxylation is 1. The Hall–Kier alpha value is -1.56. The maximum Gasteiger partial charge on any atom is 0.305 e. The number of hydrogen-bond donors (Lipinski definition) is 1. The summed E-state index contributed by atoms with van der Waals surface area (Å²) in [6.45, 7) is 0. The molecule has 10 heteroatoms. The van der Waals surface area contributed by atoms with Crippen molar-refractivity contribution in [2.45, 2.75) is 12.8 Å². The smallest absolute Gasteiger partial charge is 0.305 e. The minimum Gasteiger partial charge on any atom is -0.506 e. The highest BCUT2D eigenvalue weighted by Crippen LogP contribution is 2.36. The van der Waals surface area contributed by atoms with Crippen molar-refractivity contribution in [3.8, 4) is 5.75 Å². The number of hydrogen-bond acceptors (Lipinski definition) is 6. The van der Waals surface area contributed by atoms with Gasteiger partial charge in [-0.15, -0.1) is 0 Å². The molecular formula is C12H13IN2O6S. The van der Waals surface area contributed by atoms with Gasteiger partial charge in [0.1, 0.15) is 11.4 Å². The first-order valence-corrected chi connectivity index (χ1v) is 8.74. The lowest BCUT2D eigenvalue weighted by molar-refractivity contribution is -0.140. The molecule has 1 aliphatic rings. The lowest BCUT2D eigenvalue weighted by Gasteiger charge is -2.22. The van der Waals surface area contributed by atoms with Crippen molar-refractivity contribution in [3.63, 3.8) is 0 Å². The first-order valence-electron chi connectivity index (χ1n) is 6.16. The van der Waals surface area contributed by atoms with Crippen LogP contribution in [-0.4, -0.2) is 41.5 Å². The number of phenols is 1. The number of esters is 1. The summed E-state index contributed by atoms with van der Waals surface area (Å²) in [5.74, 6) is -1.90. The maximum atomic E-state index is 12.0. The summed E-state index contributed by atoms with van der Waals surface area (Å²) < 4.78 is 30.1. The highest BCUT2D eigenvalue weighted by Gasteiger charge is 2.42. The molecule has 0 saturated carbocycles. The summed E-state index contributed by atoms with van der Waals surface area (Å²) >= 11 is 1.56. The van der Waals surface area contributed by atoms with Crippen LogP contribution in [-0.2, 0) is 30.8 Å². The second-order valence-electron chi connectivity index (χ2n) is 4.55. The van der Waals surface area contributed by atoms with E-state index in [9.17, 15) is 23.1 Å². The van der Waals surface area contributed by atoms with E-state index in [1.54, 1.807) is 28.9 Å². The third-order valence-electron chi connectivity index (χ3n) is 3.03. The molecule has 2 rings (SSSR count). The van der Waals surface area contributed by atoms with Crippen LogP contribution < -0.4 is 4.41 Å². The van der Waals surface area contributed by atoms with Gasteiger partial charge in [-0.05, 0) is 24.1 Å². The van der Waals surface area contributed by atoms with Gasteiger partial charge in [-0.1, -0.05) is 6.07 Å². The zero-order valence-corrected chi connectivity index (χ0v) is 14.5. The van der Waals surface area contributed by atoms with Crippen LogP contribution in [0.3, 0.4) is 0 Å². The van der Waals surface area contributed by atoms with Gasteiger partial charge in [0, 0.05) is 6.42 Å². The molecule has 1 N–H and O–H groups in total. The average molecular weight is 440 g/mol. The van der Waals surface area contributed by atoms with Gasteiger partial charge in [0.05, 0.1) is 30.0 Å². The number of rotatable bonds is 4. The number of hydrazine groups is 1. The summed E-state index contributed by atoms with van der Waals surface area (Å²) in [6, 6.07) is 4.34. The molecule has 0 bridgehead atoms. The van der Waals surface area contributed by atoms with E-state index in [0.29, 0.717) is 12.0 Å². The molecule has 0 unspecified atom stereocenters. The maximum absolute atomic E-state index is 12.0. The van der Waals surface area contributed by atoms with Crippen LogP contribution in [0.5, 0.6) is 5.75 Å². The minimum atomic E-state index is -3.84. The molecule has 1 heterocycles. The average Bonchev–Trinajstić information content (AvgIpc) is 2.65. The van der Waals surface area contributed by atoms with E-state index >= 15 is 0 Å². The third-order valence-corrected chi connectivity index (χ3v) is 5.79.